The first-order valence-corrected chi connectivity index (χ1v) is 8.45. The van der Waals surface area contributed by atoms with Gasteiger partial charge in [-0.3, -0.25) is 4.79 Å². The van der Waals surface area contributed by atoms with E-state index in [9.17, 15) is 4.79 Å². The van der Waals surface area contributed by atoms with E-state index >= 15 is 0 Å². The van der Waals surface area contributed by atoms with Crippen molar-refractivity contribution < 1.29 is 4.79 Å². The Labute approximate surface area is 146 Å². The molecule has 0 radical (unpaired) electrons. The van der Waals surface area contributed by atoms with Gasteiger partial charge in [-0.05, 0) is 42.8 Å². The van der Waals surface area contributed by atoms with Gasteiger partial charge < -0.3 is 9.88 Å². The molecule has 3 aromatic rings. The number of aromatic nitrogens is 2. The Hall–Kier alpha value is -3.13. The number of anilines is 1. The van der Waals surface area contributed by atoms with E-state index in [-0.39, 0.29) is 12.5 Å². The number of fused-ring (bicyclic) bond motifs is 1. The lowest BCUT2D eigenvalue weighted by Crippen LogP contribution is -2.20. The quantitative estimate of drug-likeness (QED) is 0.744. The summed E-state index contributed by atoms with van der Waals surface area (Å²) in [5.41, 5.74) is 3.15. The van der Waals surface area contributed by atoms with Gasteiger partial charge in [0.25, 0.3) is 0 Å². The molecule has 5 heteroatoms. The largest absolute Gasteiger partial charge is 0.325 e. The molecule has 1 heterocycles. The maximum atomic E-state index is 12.5. The number of para-hydroxylation sites is 2. The molecule has 126 valence electrons. The molecular formula is C20H20N4O. The second-order valence-electron chi connectivity index (χ2n) is 5.94. The number of hydrogen-bond donors (Lipinski definition) is 1. The molecule has 0 atom stereocenters. The molecule has 1 N–H and O–H groups in total. The van der Waals surface area contributed by atoms with E-state index in [2.05, 4.69) is 23.3 Å². The van der Waals surface area contributed by atoms with E-state index in [1.165, 1.54) is 0 Å². The van der Waals surface area contributed by atoms with Crippen LogP contribution in [0.15, 0.2) is 48.5 Å². The van der Waals surface area contributed by atoms with Gasteiger partial charge in [0.05, 0.1) is 22.7 Å². The van der Waals surface area contributed by atoms with Crippen LogP contribution in [0, 0.1) is 11.3 Å². The zero-order valence-electron chi connectivity index (χ0n) is 14.2. The van der Waals surface area contributed by atoms with E-state index in [0.29, 0.717) is 11.3 Å². The standard InChI is InChI=1S/C20H20N4O/c1-2-3-8-19-23-17-6-4-5-7-18(17)24(19)14-20(25)22-16-11-9-15(13-21)10-12-16/h4-7,9-12H,2-3,8,14H2,1H3,(H,22,25). The number of imidazole rings is 1. The molecule has 3 rings (SSSR count). The minimum absolute atomic E-state index is 0.106. The Morgan fingerprint density at radius 3 is 2.68 bits per heavy atom. The first-order chi connectivity index (χ1) is 12.2. The topological polar surface area (TPSA) is 70.7 Å². The third-order valence-electron chi connectivity index (χ3n) is 4.09. The number of carbonyl (C=O) groups excluding carboxylic acids is 1. The van der Waals surface area contributed by atoms with Gasteiger partial charge >= 0.3 is 0 Å². The van der Waals surface area contributed by atoms with Gasteiger partial charge in [-0.25, -0.2) is 4.98 Å². The van der Waals surface area contributed by atoms with Crippen LogP contribution in [-0.2, 0) is 17.8 Å². The van der Waals surface area contributed by atoms with Crippen LogP contribution < -0.4 is 5.32 Å². The number of hydrogen-bond acceptors (Lipinski definition) is 3. The highest BCUT2D eigenvalue weighted by atomic mass is 16.1. The van der Waals surface area contributed by atoms with Crippen LogP contribution in [-0.4, -0.2) is 15.5 Å². The van der Waals surface area contributed by atoms with Gasteiger partial charge in [-0.2, -0.15) is 5.26 Å². The summed E-state index contributed by atoms with van der Waals surface area (Å²) in [6.07, 6.45) is 2.98. The molecule has 0 fully saturated rings. The third-order valence-corrected chi connectivity index (χ3v) is 4.09. The lowest BCUT2D eigenvalue weighted by molar-refractivity contribution is -0.116. The molecule has 0 unspecified atom stereocenters. The second-order valence-corrected chi connectivity index (χ2v) is 5.94. The van der Waals surface area contributed by atoms with Crippen LogP contribution in [0.3, 0.4) is 0 Å². The maximum absolute atomic E-state index is 12.5. The van der Waals surface area contributed by atoms with Gasteiger partial charge in [0.15, 0.2) is 0 Å². The van der Waals surface area contributed by atoms with Crippen molar-refractivity contribution in [3.8, 4) is 6.07 Å². The van der Waals surface area contributed by atoms with Crippen molar-refractivity contribution in [3.63, 3.8) is 0 Å². The SMILES string of the molecule is CCCCc1nc2ccccc2n1CC(=O)Nc1ccc(C#N)cc1. The molecule has 0 aliphatic rings. The van der Waals surface area contributed by atoms with Crippen LogP contribution in [0.1, 0.15) is 31.2 Å². The zero-order valence-corrected chi connectivity index (χ0v) is 14.2. The van der Waals surface area contributed by atoms with Crippen LogP contribution >= 0.6 is 0 Å². The summed E-state index contributed by atoms with van der Waals surface area (Å²) in [6, 6.07) is 16.8. The Bertz CT molecular complexity index is 919. The van der Waals surface area contributed by atoms with Gasteiger partial charge in [-0.15, -0.1) is 0 Å². The van der Waals surface area contributed by atoms with Gasteiger partial charge in [0.1, 0.15) is 12.4 Å². The molecule has 0 saturated carbocycles. The predicted molar refractivity (Wildman–Crippen MR) is 98.1 cm³/mol. The summed E-state index contributed by atoms with van der Waals surface area (Å²) < 4.78 is 1.99. The fourth-order valence-electron chi connectivity index (χ4n) is 2.80. The highest BCUT2D eigenvalue weighted by molar-refractivity contribution is 5.91. The average molecular weight is 332 g/mol. The van der Waals surface area contributed by atoms with E-state index < -0.39 is 0 Å². The fraction of sp³-hybridized carbons (Fsp3) is 0.250. The van der Waals surface area contributed by atoms with Crippen molar-refractivity contribution in [2.24, 2.45) is 0 Å². The molecule has 2 aromatic carbocycles. The predicted octanol–water partition coefficient (Wildman–Crippen LogP) is 3.89. The highest BCUT2D eigenvalue weighted by Gasteiger charge is 2.13. The Kier molecular flexibility index (Phi) is 5.10. The smallest absolute Gasteiger partial charge is 0.244 e. The van der Waals surface area contributed by atoms with Crippen molar-refractivity contribution in [2.75, 3.05) is 5.32 Å². The summed E-state index contributed by atoms with van der Waals surface area (Å²) >= 11 is 0. The van der Waals surface area contributed by atoms with Crippen LogP contribution in [0.5, 0.6) is 0 Å². The lowest BCUT2D eigenvalue weighted by atomic mass is 10.2. The Balaban J connectivity index is 1.80. The number of rotatable bonds is 6. The summed E-state index contributed by atoms with van der Waals surface area (Å²) in [6.45, 7) is 2.37. The molecule has 5 nitrogen and oxygen atoms in total. The molecule has 1 amide bonds. The minimum Gasteiger partial charge on any atom is -0.325 e. The molecule has 0 bridgehead atoms. The van der Waals surface area contributed by atoms with Gasteiger partial charge in [-0.1, -0.05) is 25.5 Å². The van der Waals surface area contributed by atoms with Crippen LogP contribution in [0.2, 0.25) is 0 Å². The zero-order chi connectivity index (χ0) is 17.6. The van der Waals surface area contributed by atoms with E-state index in [0.717, 1.165) is 36.1 Å². The van der Waals surface area contributed by atoms with Gasteiger partial charge in [0, 0.05) is 12.1 Å². The number of amides is 1. The monoisotopic (exact) mass is 332 g/mol. The van der Waals surface area contributed by atoms with E-state index in [1.54, 1.807) is 24.3 Å². The molecule has 1 aromatic heterocycles. The van der Waals surface area contributed by atoms with Crippen molar-refractivity contribution in [3.05, 3.63) is 59.9 Å². The number of nitrogens with zero attached hydrogens (tertiary/aromatic N) is 3. The second kappa shape index (κ2) is 7.63. The Morgan fingerprint density at radius 2 is 1.96 bits per heavy atom. The minimum atomic E-state index is -0.106. The van der Waals surface area contributed by atoms with Gasteiger partial charge in [0.2, 0.25) is 5.91 Å². The van der Waals surface area contributed by atoms with Crippen LogP contribution in [0.25, 0.3) is 11.0 Å². The summed E-state index contributed by atoms with van der Waals surface area (Å²) in [5.74, 6) is 0.837. The lowest BCUT2D eigenvalue weighted by Gasteiger charge is -2.10. The van der Waals surface area contributed by atoms with Crippen molar-refractivity contribution in [2.45, 2.75) is 32.7 Å². The number of nitrogens with one attached hydrogen (secondary N) is 1. The number of aryl methyl sites for hydroxylation is 1. The summed E-state index contributed by atoms with van der Waals surface area (Å²) in [4.78, 5) is 17.2. The highest BCUT2D eigenvalue weighted by Crippen LogP contribution is 2.18. The number of carbonyl (C=O) groups is 1. The average Bonchev–Trinajstić information content (AvgIpc) is 2.98. The van der Waals surface area contributed by atoms with E-state index in [1.807, 2.05) is 28.8 Å². The molecule has 0 aliphatic carbocycles. The molecular weight excluding hydrogens is 312 g/mol. The molecule has 25 heavy (non-hydrogen) atoms. The van der Waals surface area contributed by atoms with Crippen molar-refractivity contribution in [1.29, 1.82) is 5.26 Å². The molecule has 0 spiro atoms. The Morgan fingerprint density at radius 1 is 1.20 bits per heavy atom. The molecule has 0 aliphatic heterocycles. The first kappa shape index (κ1) is 16.7. The van der Waals surface area contributed by atoms with Crippen LogP contribution in [0.4, 0.5) is 5.69 Å². The molecule has 0 saturated heterocycles. The normalized spacial score (nSPS) is 10.6. The number of nitriles is 1. The number of benzene rings is 2. The number of unbranched alkanes of at least 4 members (excludes halogenated alkanes) is 1. The maximum Gasteiger partial charge on any atom is 0.244 e. The first-order valence-electron chi connectivity index (χ1n) is 8.45. The third kappa shape index (κ3) is 3.86. The summed E-state index contributed by atoms with van der Waals surface area (Å²) in [5, 5.41) is 11.7. The van der Waals surface area contributed by atoms with E-state index in [4.69, 9.17) is 5.26 Å². The summed E-state index contributed by atoms with van der Waals surface area (Å²) in [7, 11) is 0. The van der Waals surface area contributed by atoms with Crippen molar-refractivity contribution in [1.82, 2.24) is 9.55 Å². The van der Waals surface area contributed by atoms with Crippen molar-refractivity contribution >= 4 is 22.6 Å². The fourth-order valence-corrected chi connectivity index (χ4v) is 2.80.